The minimum absolute atomic E-state index is 0.0251. The van der Waals surface area contributed by atoms with Crippen LogP contribution >= 0.6 is 11.6 Å². The van der Waals surface area contributed by atoms with Crippen LogP contribution in [0.2, 0.25) is 0 Å². The van der Waals surface area contributed by atoms with Crippen molar-refractivity contribution in [3.8, 4) is 5.75 Å². The first-order valence-corrected chi connectivity index (χ1v) is 7.33. The van der Waals surface area contributed by atoms with Gasteiger partial charge in [-0.1, -0.05) is 18.9 Å². The molecule has 19 heavy (non-hydrogen) atoms. The fourth-order valence-corrected chi connectivity index (χ4v) is 2.85. The van der Waals surface area contributed by atoms with E-state index in [1.54, 1.807) is 18.2 Å². The van der Waals surface area contributed by atoms with E-state index in [1.165, 1.54) is 12.8 Å². The summed E-state index contributed by atoms with van der Waals surface area (Å²) in [5.41, 5.74) is 1.32. The molecule has 1 amide bonds. The van der Waals surface area contributed by atoms with Crippen LogP contribution in [0.3, 0.4) is 0 Å². The van der Waals surface area contributed by atoms with Crippen LogP contribution in [0.1, 0.15) is 41.6 Å². The second kappa shape index (κ2) is 6.29. The van der Waals surface area contributed by atoms with Crippen LogP contribution in [-0.2, 0) is 0 Å². The van der Waals surface area contributed by atoms with Gasteiger partial charge in [0.25, 0.3) is 5.91 Å². The molecule has 0 spiro atoms. The third-order valence-electron chi connectivity index (χ3n) is 3.81. The predicted octanol–water partition coefficient (Wildman–Crippen LogP) is 3.32. The number of aryl methyl sites for hydroxylation is 1. The van der Waals surface area contributed by atoms with Crippen LogP contribution < -0.4 is 0 Å². The van der Waals surface area contributed by atoms with E-state index in [4.69, 9.17) is 11.6 Å². The second-order valence-corrected chi connectivity index (χ2v) is 5.51. The molecule has 1 aliphatic carbocycles. The molecule has 3 nitrogen and oxygen atoms in total. The molecule has 104 valence electrons. The zero-order valence-corrected chi connectivity index (χ0v) is 12.0. The lowest BCUT2D eigenvalue weighted by molar-refractivity contribution is 0.0694. The number of carbonyl (C=O) groups is 1. The van der Waals surface area contributed by atoms with E-state index < -0.39 is 0 Å². The summed E-state index contributed by atoms with van der Waals surface area (Å²) in [6.45, 7) is 2.39. The predicted molar refractivity (Wildman–Crippen MR) is 76.9 cm³/mol. The Kier molecular flexibility index (Phi) is 4.70. The van der Waals surface area contributed by atoms with Crippen molar-refractivity contribution >= 4 is 17.5 Å². The molecule has 1 aromatic rings. The van der Waals surface area contributed by atoms with Crippen molar-refractivity contribution in [1.29, 1.82) is 0 Å². The van der Waals surface area contributed by atoms with Crippen molar-refractivity contribution in [1.82, 2.24) is 4.90 Å². The lowest BCUT2D eigenvalue weighted by Crippen LogP contribution is -2.40. The van der Waals surface area contributed by atoms with Crippen LogP contribution in [0.25, 0.3) is 0 Å². The Hall–Kier alpha value is -1.22. The number of amides is 1. The van der Waals surface area contributed by atoms with Crippen molar-refractivity contribution in [3.63, 3.8) is 0 Å². The zero-order valence-electron chi connectivity index (χ0n) is 11.2. The Labute approximate surface area is 119 Å². The van der Waals surface area contributed by atoms with Crippen LogP contribution in [-0.4, -0.2) is 34.4 Å². The van der Waals surface area contributed by atoms with E-state index in [9.17, 15) is 9.90 Å². The average molecular weight is 282 g/mol. The fraction of sp³-hybridized carbons (Fsp3) is 0.533. The molecular formula is C15H20ClNO2. The van der Waals surface area contributed by atoms with Gasteiger partial charge in [-0.2, -0.15) is 0 Å². The van der Waals surface area contributed by atoms with E-state index >= 15 is 0 Å². The van der Waals surface area contributed by atoms with Crippen molar-refractivity contribution in [2.45, 2.75) is 38.6 Å². The Balaban J connectivity index is 2.20. The van der Waals surface area contributed by atoms with Crippen LogP contribution in [0.4, 0.5) is 0 Å². The number of phenolic OH excluding ortho intramolecular Hbond substituents is 1. The summed E-state index contributed by atoms with van der Waals surface area (Å²) in [6.07, 6.45) is 4.46. The van der Waals surface area contributed by atoms with E-state index in [1.807, 2.05) is 11.8 Å². The largest absolute Gasteiger partial charge is 0.508 e. The molecule has 1 fully saturated rings. The van der Waals surface area contributed by atoms with Gasteiger partial charge in [-0.05, 0) is 37.5 Å². The number of alkyl halides is 1. The normalized spacial score (nSPS) is 15.7. The van der Waals surface area contributed by atoms with E-state index in [0.717, 1.165) is 18.4 Å². The molecule has 0 radical (unpaired) electrons. The summed E-state index contributed by atoms with van der Waals surface area (Å²) < 4.78 is 0. The molecule has 0 saturated heterocycles. The molecule has 1 N–H and O–H groups in total. The molecule has 4 heteroatoms. The Morgan fingerprint density at radius 3 is 2.68 bits per heavy atom. The number of rotatable bonds is 4. The molecule has 2 rings (SSSR count). The fourth-order valence-electron chi connectivity index (χ4n) is 2.67. The number of hydrogen-bond acceptors (Lipinski definition) is 2. The first kappa shape index (κ1) is 14.2. The molecular weight excluding hydrogens is 262 g/mol. The van der Waals surface area contributed by atoms with Gasteiger partial charge >= 0.3 is 0 Å². The Morgan fingerprint density at radius 2 is 2.11 bits per heavy atom. The second-order valence-electron chi connectivity index (χ2n) is 5.13. The standard InChI is InChI=1S/C15H20ClNO2/c1-11-6-7-12(10-14(11)18)15(19)17(9-8-16)13-4-2-3-5-13/h6-7,10,13,18H,2-5,8-9H2,1H3. The summed E-state index contributed by atoms with van der Waals surface area (Å²) in [5, 5.41) is 9.73. The monoisotopic (exact) mass is 281 g/mol. The van der Waals surface area contributed by atoms with Gasteiger partial charge in [-0.3, -0.25) is 4.79 Å². The smallest absolute Gasteiger partial charge is 0.254 e. The average Bonchev–Trinajstić information content (AvgIpc) is 2.92. The number of halogens is 1. The number of nitrogens with zero attached hydrogens (tertiary/aromatic N) is 1. The van der Waals surface area contributed by atoms with Gasteiger partial charge < -0.3 is 10.0 Å². The van der Waals surface area contributed by atoms with Gasteiger partial charge in [-0.25, -0.2) is 0 Å². The van der Waals surface area contributed by atoms with E-state index in [0.29, 0.717) is 24.0 Å². The molecule has 0 unspecified atom stereocenters. The Bertz CT molecular complexity index is 455. The molecule has 1 aromatic carbocycles. The lowest BCUT2D eigenvalue weighted by atomic mass is 10.1. The maximum atomic E-state index is 12.5. The molecule has 0 bridgehead atoms. The van der Waals surface area contributed by atoms with Crippen molar-refractivity contribution in [3.05, 3.63) is 29.3 Å². The Morgan fingerprint density at radius 1 is 1.42 bits per heavy atom. The summed E-state index contributed by atoms with van der Waals surface area (Å²) >= 11 is 5.82. The number of carbonyl (C=O) groups excluding carboxylic acids is 1. The molecule has 0 atom stereocenters. The van der Waals surface area contributed by atoms with Crippen molar-refractivity contribution in [2.24, 2.45) is 0 Å². The zero-order chi connectivity index (χ0) is 13.8. The third kappa shape index (κ3) is 3.21. The van der Waals surface area contributed by atoms with Gasteiger partial charge in [0.1, 0.15) is 5.75 Å². The van der Waals surface area contributed by atoms with Crippen molar-refractivity contribution < 1.29 is 9.90 Å². The van der Waals surface area contributed by atoms with Crippen LogP contribution in [0.5, 0.6) is 5.75 Å². The summed E-state index contributed by atoms with van der Waals surface area (Å²) in [4.78, 5) is 14.4. The van der Waals surface area contributed by atoms with Gasteiger partial charge in [0.2, 0.25) is 0 Å². The molecule has 1 saturated carbocycles. The highest BCUT2D eigenvalue weighted by atomic mass is 35.5. The van der Waals surface area contributed by atoms with Crippen molar-refractivity contribution in [2.75, 3.05) is 12.4 Å². The number of aromatic hydroxyl groups is 1. The first-order chi connectivity index (χ1) is 9.13. The first-order valence-electron chi connectivity index (χ1n) is 6.80. The lowest BCUT2D eigenvalue weighted by Gasteiger charge is -2.28. The SMILES string of the molecule is Cc1ccc(C(=O)N(CCCl)C2CCCC2)cc1O. The molecule has 0 aliphatic heterocycles. The summed E-state index contributed by atoms with van der Waals surface area (Å²) in [5.74, 6) is 0.589. The van der Waals surface area contributed by atoms with E-state index in [2.05, 4.69) is 0 Å². The highest BCUT2D eigenvalue weighted by Crippen LogP contribution is 2.26. The highest BCUT2D eigenvalue weighted by molar-refractivity contribution is 6.18. The minimum Gasteiger partial charge on any atom is -0.508 e. The molecule has 0 aromatic heterocycles. The minimum atomic E-state index is -0.0251. The summed E-state index contributed by atoms with van der Waals surface area (Å²) in [6, 6.07) is 5.40. The number of phenols is 1. The van der Waals surface area contributed by atoms with Crippen LogP contribution in [0, 0.1) is 6.92 Å². The summed E-state index contributed by atoms with van der Waals surface area (Å²) in [7, 11) is 0. The molecule has 1 aliphatic rings. The quantitative estimate of drug-likeness (QED) is 0.860. The van der Waals surface area contributed by atoms with Gasteiger partial charge in [-0.15, -0.1) is 11.6 Å². The van der Waals surface area contributed by atoms with Gasteiger partial charge in [0.15, 0.2) is 0 Å². The van der Waals surface area contributed by atoms with E-state index in [-0.39, 0.29) is 11.7 Å². The topological polar surface area (TPSA) is 40.5 Å². The van der Waals surface area contributed by atoms with Gasteiger partial charge in [0, 0.05) is 24.0 Å². The number of hydrogen-bond donors (Lipinski definition) is 1. The number of benzene rings is 1. The van der Waals surface area contributed by atoms with Crippen LogP contribution in [0.15, 0.2) is 18.2 Å². The third-order valence-corrected chi connectivity index (χ3v) is 3.98. The van der Waals surface area contributed by atoms with Gasteiger partial charge in [0.05, 0.1) is 0 Å². The maximum absolute atomic E-state index is 12.5. The maximum Gasteiger partial charge on any atom is 0.254 e. The highest BCUT2D eigenvalue weighted by Gasteiger charge is 2.27. The molecule has 0 heterocycles.